The van der Waals surface area contributed by atoms with Crippen molar-refractivity contribution in [2.75, 3.05) is 14.2 Å². The van der Waals surface area contributed by atoms with Crippen molar-refractivity contribution in [2.45, 2.75) is 52.7 Å². The molecule has 0 bridgehead atoms. The molecule has 0 aliphatic heterocycles. The summed E-state index contributed by atoms with van der Waals surface area (Å²) >= 11 is 0. The Morgan fingerprint density at radius 3 is 2.11 bits per heavy atom. The minimum atomic E-state index is -0.616. The van der Waals surface area contributed by atoms with E-state index in [0.717, 1.165) is 6.42 Å². The van der Waals surface area contributed by atoms with E-state index in [1.54, 1.807) is 27.8 Å². The van der Waals surface area contributed by atoms with Crippen LogP contribution >= 0.6 is 0 Å². The second kappa shape index (κ2) is 6.61. The molecule has 0 saturated carbocycles. The van der Waals surface area contributed by atoms with E-state index < -0.39 is 23.7 Å². The lowest BCUT2D eigenvalue weighted by Gasteiger charge is -2.32. The molecule has 5 nitrogen and oxygen atoms in total. The highest BCUT2D eigenvalue weighted by Crippen LogP contribution is 2.18. The Morgan fingerprint density at radius 2 is 1.78 bits per heavy atom. The largest absolute Gasteiger partial charge is 0.467 e. The second-order valence-corrected chi connectivity index (χ2v) is 5.44. The average Bonchev–Trinajstić information content (AvgIpc) is 2.26. The van der Waals surface area contributed by atoms with E-state index in [0.29, 0.717) is 0 Å². The summed E-state index contributed by atoms with van der Waals surface area (Å²) in [6.45, 7) is 9.23. The van der Waals surface area contributed by atoms with E-state index in [1.165, 1.54) is 12.0 Å². The molecule has 0 aliphatic rings. The molecule has 5 heteroatoms. The molecule has 106 valence electrons. The van der Waals surface area contributed by atoms with E-state index in [2.05, 4.69) is 0 Å². The summed E-state index contributed by atoms with van der Waals surface area (Å²) in [5, 5.41) is 0. The molecular formula is C13H25NO4. The number of esters is 1. The summed E-state index contributed by atoms with van der Waals surface area (Å²) < 4.78 is 10.00. The van der Waals surface area contributed by atoms with Gasteiger partial charge in [0.25, 0.3) is 0 Å². The van der Waals surface area contributed by atoms with Gasteiger partial charge in [-0.25, -0.2) is 9.59 Å². The number of carbonyl (C=O) groups is 2. The Hall–Kier alpha value is -1.26. The normalized spacial score (nSPS) is 14.6. The molecule has 0 aliphatic carbocycles. The Labute approximate surface area is 109 Å². The predicted molar refractivity (Wildman–Crippen MR) is 69.3 cm³/mol. The van der Waals surface area contributed by atoms with Crippen molar-refractivity contribution in [1.29, 1.82) is 0 Å². The number of hydrogen-bond donors (Lipinski definition) is 0. The van der Waals surface area contributed by atoms with Gasteiger partial charge in [0.2, 0.25) is 0 Å². The summed E-state index contributed by atoms with van der Waals surface area (Å²) in [5.74, 6) is -0.410. The van der Waals surface area contributed by atoms with Gasteiger partial charge in [-0.2, -0.15) is 0 Å². The summed E-state index contributed by atoms with van der Waals surface area (Å²) in [6.07, 6.45) is 0.255. The molecule has 0 radical (unpaired) electrons. The molecule has 0 fully saturated rings. The van der Waals surface area contributed by atoms with E-state index in [-0.39, 0.29) is 5.92 Å². The van der Waals surface area contributed by atoms with Gasteiger partial charge >= 0.3 is 12.1 Å². The molecular weight excluding hydrogens is 234 g/mol. The Balaban J connectivity index is 4.91. The third-order valence-electron chi connectivity index (χ3n) is 2.72. The second-order valence-electron chi connectivity index (χ2n) is 5.44. The molecule has 0 spiro atoms. The molecule has 1 amide bonds. The Bertz CT molecular complexity index is 296. The van der Waals surface area contributed by atoms with Gasteiger partial charge in [0.05, 0.1) is 7.11 Å². The molecule has 0 rings (SSSR count). The highest BCUT2D eigenvalue weighted by Gasteiger charge is 2.34. The number of likely N-dealkylation sites (N-methyl/N-ethyl adjacent to an activating group) is 1. The number of ether oxygens (including phenoxy) is 2. The Kier molecular flexibility index (Phi) is 6.15. The standard InChI is InChI=1S/C13H25NO4/c1-8-9(2)10(11(15)17-7)14(6)12(16)18-13(3,4)5/h9-10H,8H2,1-7H3/t9-,10-/m0/s1. The lowest BCUT2D eigenvalue weighted by molar-refractivity contribution is -0.148. The SMILES string of the molecule is CC[C@H](C)[C@@H](C(=O)OC)N(C)C(=O)OC(C)(C)C. The third-order valence-corrected chi connectivity index (χ3v) is 2.72. The predicted octanol–water partition coefficient (Wildman–Crippen LogP) is 2.44. The molecule has 0 heterocycles. The van der Waals surface area contributed by atoms with Gasteiger partial charge in [-0.15, -0.1) is 0 Å². The lowest BCUT2D eigenvalue weighted by Crippen LogP contribution is -2.48. The first-order valence-corrected chi connectivity index (χ1v) is 6.17. The van der Waals surface area contributed by atoms with Crippen LogP contribution in [0.5, 0.6) is 0 Å². The zero-order valence-electron chi connectivity index (χ0n) is 12.4. The first kappa shape index (κ1) is 16.7. The van der Waals surface area contributed by atoms with Crippen LogP contribution in [-0.2, 0) is 14.3 Å². The third kappa shape index (κ3) is 4.94. The average molecular weight is 259 g/mol. The van der Waals surface area contributed by atoms with Crippen LogP contribution in [0.1, 0.15) is 41.0 Å². The van der Waals surface area contributed by atoms with Gasteiger partial charge in [-0.05, 0) is 26.7 Å². The van der Waals surface area contributed by atoms with Gasteiger partial charge in [-0.1, -0.05) is 20.3 Å². The number of rotatable bonds is 4. The molecule has 0 N–H and O–H groups in total. The maximum atomic E-state index is 11.9. The summed E-state index contributed by atoms with van der Waals surface area (Å²) in [6, 6.07) is -0.616. The smallest absolute Gasteiger partial charge is 0.410 e. The fourth-order valence-electron chi connectivity index (χ4n) is 1.56. The Morgan fingerprint density at radius 1 is 1.28 bits per heavy atom. The van der Waals surface area contributed by atoms with Crippen molar-refractivity contribution in [3.63, 3.8) is 0 Å². The maximum absolute atomic E-state index is 11.9. The highest BCUT2D eigenvalue weighted by atomic mass is 16.6. The van der Waals surface area contributed by atoms with E-state index in [4.69, 9.17) is 9.47 Å². The van der Waals surface area contributed by atoms with Crippen LogP contribution in [0.15, 0.2) is 0 Å². The maximum Gasteiger partial charge on any atom is 0.410 e. The number of amides is 1. The zero-order valence-corrected chi connectivity index (χ0v) is 12.4. The number of nitrogens with zero attached hydrogens (tertiary/aromatic N) is 1. The van der Waals surface area contributed by atoms with Crippen molar-refractivity contribution in [1.82, 2.24) is 4.90 Å². The highest BCUT2D eigenvalue weighted by molar-refractivity contribution is 5.81. The minimum Gasteiger partial charge on any atom is -0.467 e. The summed E-state index contributed by atoms with van der Waals surface area (Å²) in [5.41, 5.74) is -0.582. The van der Waals surface area contributed by atoms with Gasteiger partial charge in [-0.3, -0.25) is 4.90 Å². The van der Waals surface area contributed by atoms with Crippen molar-refractivity contribution >= 4 is 12.1 Å². The summed E-state index contributed by atoms with van der Waals surface area (Å²) in [7, 11) is 2.88. The number of hydrogen-bond acceptors (Lipinski definition) is 4. The van der Waals surface area contributed by atoms with E-state index >= 15 is 0 Å². The quantitative estimate of drug-likeness (QED) is 0.728. The van der Waals surface area contributed by atoms with Crippen molar-refractivity contribution in [3.8, 4) is 0 Å². The number of methoxy groups -OCH3 is 1. The van der Waals surface area contributed by atoms with Crippen LogP contribution in [0.2, 0.25) is 0 Å². The number of carbonyl (C=O) groups excluding carboxylic acids is 2. The van der Waals surface area contributed by atoms with Crippen LogP contribution in [0.25, 0.3) is 0 Å². The molecule has 0 saturated heterocycles. The van der Waals surface area contributed by atoms with Crippen molar-refractivity contribution < 1.29 is 19.1 Å². The zero-order chi connectivity index (χ0) is 14.5. The summed E-state index contributed by atoms with van der Waals surface area (Å²) in [4.78, 5) is 25.0. The fraction of sp³-hybridized carbons (Fsp3) is 0.846. The first-order chi connectivity index (χ1) is 8.14. The van der Waals surface area contributed by atoms with E-state index in [1.807, 2.05) is 13.8 Å². The van der Waals surface area contributed by atoms with Gasteiger partial charge in [0.15, 0.2) is 0 Å². The van der Waals surface area contributed by atoms with Crippen LogP contribution in [0, 0.1) is 5.92 Å². The van der Waals surface area contributed by atoms with Gasteiger partial charge < -0.3 is 9.47 Å². The van der Waals surface area contributed by atoms with Crippen molar-refractivity contribution in [3.05, 3.63) is 0 Å². The lowest BCUT2D eigenvalue weighted by atomic mass is 9.98. The van der Waals surface area contributed by atoms with Gasteiger partial charge in [0.1, 0.15) is 11.6 Å². The first-order valence-electron chi connectivity index (χ1n) is 6.17. The van der Waals surface area contributed by atoms with Crippen LogP contribution in [0.3, 0.4) is 0 Å². The van der Waals surface area contributed by atoms with Gasteiger partial charge in [0, 0.05) is 7.05 Å². The van der Waals surface area contributed by atoms with Crippen LogP contribution in [-0.4, -0.2) is 42.8 Å². The molecule has 0 aromatic rings. The van der Waals surface area contributed by atoms with E-state index in [9.17, 15) is 9.59 Å². The monoisotopic (exact) mass is 259 g/mol. The van der Waals surface area contributed by atoms with Crippen LogP contribution in [0.4, 0.5) is 4.79 Å². The van der Waals surface area contributed by atoms with Crippen molar-refractivity contribution in [2.24, 2.45) is 5.92 Å². The molecule has 18 heavy (non-hydrogen) atoms. The molecule has 0 unspecified atom stereocenters. The van der Waals surface area contributed by atoms with Crippen LogP contribution < -0.4 is 0 Å². The fourth-order valence-corrected chi connectivity index (χ4v) is 1.56. The molecule has 2 atom stereocenters. The minimum absolute atomic E-state index is 0.00923. The topological polar surface area (TPSA) is 55.8 Å². The molecule has 0 aromatic carbocycles. The molecule has 0 aromatic heterocycles.